The van der Waals surface area contributed by atoms with Crippen molar-refractivity contribution < 1.29 is 9.90 Å². The van der Waals surface area contributed by atoms with Gasteiger partial charge in [-0.1, -0.05) is 54.2 Å². The number of hydrogen-bond acceptors (Lipinski definition) is 4. The van der Waals surface area contributed by atoms with E-state index >= 15 is 0 Å². The summed E-state index contributed by atoms with van der Waals surface area (Å²) in [7, 11) is 1.87. The molecule has 6 heteroatoms. The molecule has 0 aliphatic heterocycles. The van der Waals surface area contributed by atoms with Gasteiger partial charge in [0, 0.05) is 13.5 Å². The molecule has 0 atom stereocenters. The molecule has 0 radical (unpaired) electrons. The van der Waals surface area contributed by atoms with Gasteiger partial charge in [-0.05, 0) is 16.3 Å². The van der Waals surface area contributed by atoms with Gasteiger partial charge in [-0.15, -0.1) is 10.2 Å². The molecule has 3 aromatic rings. The Bertz CT molecular complexity index is 824. The summed E-state index contributed by atoms with van der Waals surface area (Å²) in [6.45, 7) is 0. The number of rotatable bonds is 5. The molecule has 0 spiro atoms. The van der Waals surface area contributed by atoms with Crippen LogP contribution >= 0.6 is 11.8 Å². The van der Waals surface area contributed by atoms with Crippen molar-refractivity contribution in [1.29, 1.82) is 0 Å². The molecule has 0 aliphatic carbocycles. The van der Waals surface area contributed by atoms with E-state index in [0.29, 0.717) is 11.6 Å². The SMILES string of the molecule is Cn1c(Cc2cccc3ccccc23)nnc1SCC(=O)O. The zero-order chi connectivity index (χ0) is 15.5. The first-order valence-corrected chi connectivity index (χ1v) is 7.83. The quantitative estimate of drug-likeness (QED) is 0.734. The molecular formula is C16H15N3O2S. The zero-order valence-electron chi connectivity index (χ0n) is 12.1. The maximum Gasteiger partial charge on any atom is 0.313 e. The summed E-state index contributed by atoms with van der Waals surface area (Å²) in [5, 5.41) is 20.0. The van der Waals surface area contributed by atoms with Gasteiger partial charge in [-0.25, -0.2) is 0 Å². The van der Waals surface area contributed by atoms with Crippen LogP contribution in [0.5, 0.6) is 0 Å². The molecule has 0 saturated heterocycles. The highest BCUT2D eigenvalue weighted by molar-refractivity contribution is 7.99. The second kappa shape index (κ2) is 6.19. The van der Waals surface area contributed by atoms with Gasteiger partial charge in [0.05, 0.1) is 5.75 Å². The van der Waals surface area contributed by atoms with Gasteiger partial charge in [0.2, 0.25) is 0 Å². The number of hydrogen-bond donors (Lipinski definition) is 1. The topological polar surface area (TPSA) is 68.0 Å². The molecule has 0 amide bonds. The lowest BCUT2D eigenvalue weighted by Gasteiger charge is -2.07. The van der Waals surface area contributed by atoms with E-state index in [2.05, 4.69) is 34.5 Å². The molecule has 112 valence electrons. The Balaban J connectivity index is 1.88. The van der Waals surface area contributed by atoms with E-state index in [1.165, 1.54) is 28.1 Å². The fourth-order valence-corrected chi connectivity index (χ4v) is 3.02. The standard InChI is InChI=1S/C16H15N3O2S/c1-19-14(17-18-16(19)22-10-15(20)21)9-12-7-4-6-11-5-2-3-8-13(11)12/h2-8H,9-10H2,1H3,(H,20,21). The average molecular weight is 313 g/mol. The smallest absolute Gasteiger partial charge is 0.313 e. The molecule has 2 aromatic carbocycles. The van der Waals surface area contributed by atoms with Gasteiger partial charge in [0.1, 0.15) is 5.82 Å². The van der Waals surface area contributed by atoms with Gasteiger partial charge in [-0.3, -0.25) is 4.79 Å². The summed E-state index contributed by atoms with van der Waals surface area (Å²) in [6, 6.07) is 14.4. The molecule has 0 fully saturated rings. The number of benzene rings is 2. The van der Waals surface area contributed by atoms with Gasteiger partial charge in [0.15, 0.2) is 5.16 Å². The third-order valence-electron chi connectivity index (χ3n) is 3.48. The van der Waals surface area contributed by atoms with Crippen LogP contribution < -0.4 is 0 Å². The van der Waals surface area contributed by atoms with E-state index in [1.807, 2.05) is 29.8 Å². The number of thioether (sulfide) groups is 1. The summed E-state index contributed by atoms with van der Waals surface area (Å²) in [5.74, 6) is -0.0481. The van der Waals surface area contributed by atoms with Crippen molar-refractivity contribution >= 4 is 28.5 Å². The summed E-state index contributed by atoms with van der Waals surface area (Å²) < 4.78 is 1.86. The Morgan fingerprint density at radius 1 is 1.18 bits per heavy atom. The van der Waals surface area contributed by atoms with E-state index in [1.54, 1.807) is 0 Å². The number of fused-ring (bicyclic) bond motifs is 1. The predicted molar refractivity (Wildman–Crippen MR) is 86.1 cm³/mol. The van der Waals surface area contributed by atoms with E-state index in [9.17, 15) is 4.79 Å². The van der Waals surface area contributed by atoms with E-state index in [0.717, 1.165) is 5.82 Å². The normalized spacial score (nSPS) is 11.0. The minimum Gasteiger partial charge on any atom is -0.481 e. The number of carboxylic acids is 1. The lowest BCUT2D eigenvalue weighted by molar-refractivity contribution is -0.133. The van der Waals surface area contributed by atoms with Gasteiger partial charge in [-0.2, -0.15) is 0 Å². The highest BCUT2D eigenvalue weighted by Gasteiger charge is 2.12. The Morgan fingerprint density at radius 2 is 1.95 bits per heavy atom. The first-order chi connectivity index (χ1) is 10.6. The van der Waals surface area contributed by atoms with Crippen LogP contribution in [0.3, 0.4) is 0 Å². The van der Waals surface area contributed by atoms with Crippen LogP contribution in [0.25, 0.3) is 10.8 Å². The molecule has 22 heavy (non-hydrogen) atoms. The largest absolute Gasteiger partial charge is 0.481 e. The summed E-state index contributed by atoms with van der Waals surface area (Å²) in [5.41, 5.74) is 1.18. The number of aromatic nitrogens is 3. The molecule has 0 saturated carbocycles. The fraction of sp³-hybridized carbons (Fsp3) is 0.188. The van der Waals surface area contributed by atoms with Crippen molar-refractivity contribution in [2.75, 3.05) is 5.75 Å². The molecule has 1 aromatic heterocycles. The number of carboxylic acid groups (broad SMARTS) is 1. The van der Waals surface area contributed by atoms with E-state index in [4.69, 9.17) is 5.11 Å². The van der Waals surface area contributed by atoms with Gasteiger partial charge < -0.3 is 9.67 Å². The van der Waals surface area contributed by atoms with Crippen LogP contribution in [-0.4, -0.2) is 31.6 Å². The first-order valence-electron chi connectivity index (χ1n) is 6.84. The van der Waals surface area contributed by atoms with Crippen molar-refractivity contribution in [3.63, 3.8) is 0 Å². The molecule has 1 heterocycles. The van der Waals surface area contributed by atoms with Crippen molar-refractivity contribution in [2.45, 2.75) is 11.6 Å². The van der Waals surface area contributed by atoms with Crippen molar-refractivity contribution in [1.82, 2.24) is 14.8 Å². The third kappa shape index (κ3) is 2.96. The Kier molecular flexibility index (Phi) is 4.11. The highest BCUT2D eigenvalue weighted by atomic mass is 32.2. The molecule has 0 unspecified atom stereocenters. The summed E-state index contributed by atoms with van der Waals surface area (Å²) >= 11 is 1.18. The second-order valence-electron chi connectivity index (χ2n) is 4.96. The maximum atomic E-state index is 10.6. The summed E-state index contributed by atoms with van der Waals surface area (Å²) in [4.78, 5) is 10.6. The number of nitrogens with zero attached hydrogens (tertiary/aromatic N) is 3. The lowest BCUT2D eigenvalue weighted by Crippen LogP contribution is -2.03. The minimum atomic E-state index is -0.858. The molecule has 5 nitrogen and oxygen atoms in total. The molecular weight excluding hydrogens is 298 g/mol. The Morgan fingerprint density at radius 3 is 2.77 bits per heavy atom. The van der Waals surface area contributed by atoms with Crippen LogP contribution in [0.2, 0.25) is 0 Å². The number of aliphatic carboxylic acids is 1. The third-order valence-corrected chi connectivity index (χ3v) is 4.48. The van der Waals surface area contributed by atoms with Gasteiger partial charge in [0.25, 0.3) is 0 Å². The van der Waals surface area contributed by atoms with Crippen LogP contribution in [-0.2, 0) is 18.3 Å². The fourth-order valence-electron chi connectivity index (χ4n) is 2.37. The van der Waals surface area contributed by atoms with Gasteiger partial charge >= 0.3 is 5.97 Å². The highest BCUT2D eigenvalue weighted by Crippen LogP contribution is 2.22. The van der Waals surface area contributed by atoms with Crippen molar-refractivity contribution in [3.05, 3.63) is 53.9 Å². The van der Waals surface area contributed by atoms with Crippen molar-refractivity contribution in [3.8, 4) is 0 Å². The van der Waals surface area contributed by atoms with E-state index in [-0.39, 0.29) is 5.75 Å². The molecule has 0 bridgehead atoms. The van der Waals surface area contributed by atoms with Crippen LogP contribution in [0.4, 0.5) is 0 Å². The Hall–Kier alpha value is -2.34. The maximum absolute atomic E-state index is 10.6. The Labute approximate surface area is 132 Å². The van der Waals surface area contributed by atoms with Crippen LogP contribution in [0.1, 0.15) is 11.4 Å². The monoisotopic (exact) mass is 313 g/mol. The van der Waals surface area contributed by atoms with Crippen molar-refractivity contribution in [2.24, 2.45) is 7.05 Å². The predicted octanol–water partition coefficient (Wildman–Crippen LogP) is 2.74. The van der Waals surface area contributed by atoms with Crippen LogP contribution in [0, 0.1) is 0 Å². The second-order valence-corrected chi connectivity index (χ2v) is 5.90. The molecule has 3 rings (SSSR count). The minimum absolute atomic E-state index is 0.0136. The van der Waals surface area contributed by atoms with E-state index < -0.39 is 5.97 Å². The zero-order valence-corrected chi connectivity index (χ0v) is 12.9. The summed E-state index contributed by atoms with van der Waals surface area (Å²) in [6.07, 6.45) is 0.665. The average Bonchev–Trinajstić information content (AvgIpc) is 2.86. The lowest BCUT2D eigenvalue weighted by atomic mass is 10.0. The molecule has 0 aliphatic rings. The molecule has 1 N–H and O–H groups in total. The van der Waals surface area contributed by atoms with Crippen LogP contribution in [0.15, 0.2) is 47.6 Å². The number of carbonyl (C=O) groups is 1. The first kappa shape index (κ1) is 14.6.